The molecule has 0 saturated heterocycles. The maximum Gasteiger partial charge on any atom is 0.452 e. The van der Waals surface area contributed by atoms with Crippen molar-refractivity contribution in [1.82, 2.24) is 10.4 Å². The molecule has 58 valence electrons. The molecule has 0 unspecified atom stereocenters. The highest BCUT2D eigenvalue weighted by Gasteiger charge is 2.41. The molecule has 0 aromatic heterocycles. The topological polar surface area (TPSA) is 53.6 Å². The van der Waals surface area contributed by atoms with E-state index in [0.29, 0.717) is 5.01 Å². The number of nitrogens with two attached hydrogens (primary N) is 1. The van der Waals surface area contributed by atoms with Crippen molar-refractivity contribution in [3.63, 3.8) is 0 Å². The van der Waals surface area contributed by atoms with Crippen LogP contribution in [0.1, 0.15) is 0 Å². The maximum atomic E-state index is 11.7. The van der Waals surface area contributed by atoms with E-state index in [4.69, 9.17) is 5.84 Å². The quantitative estimate of drug-likeness (QED) is 0.467. The molecular weight excluding hydrogens is 149 g/mol. The highest BCUT2D eigenvalue weighted by molar-refractivity contribution is 5.87. The number of amidine groups is 1. The van der Waals surface area contributed by atoms with Gasteiger partial charge >= 0.3 is 6.18 Å². The molecule has 0 fully saturated rings. The Morgan fingerprint density at radius 3 is 2.40 bits per heavy atom. The molecule has 4 nitrogen and oxygen atoms in total. The van der Waals surface area contributed by atoms with Gasteiger partial charge in [0, 0.05) is 0 Å². The smallest absolute Gasteiger partial charge is 0.287 e. The monoisotopic (exact) mass is 154 g/mol. The van der Waals surface area contributed by atoms with E-state index in [2.05, 4.69) is 10.5 Å². The van der Waals surface area contributed by atoms with Crippen LogP contribution in [0.5, 0.6) is 0 Å². The molecule has 7 heteroatoms. The number of hydrogen-bond donors (Lipinski definition) is 2. The molecule has 0 bridgehead atoms. The van der Waals surface area contributed by atoms with Gasteiger partial charge in [0.05, 0.1) is 0 Å². The first-order valence-electron chi connectivity index (χ1n) is 2.42. The normalized spacial score (nSPS) is 18.8. The van der Waals surface area contributed by atoms with Crippen LogP contribution in [-0.4, -0.2) is 23.7 Å². The first kappa shape index (κ1) is 7.13. The van der Waals surface area contributed by atoms with Crippen molar-refractivity contribution >= 4 is 5.84 Å². The van der Waals surface area contributed by atoms with E-state index in [1.54, 1.807) is 0 Å². The second-order valence-electron chi connectivity index (χ2n) is 1.72. The fraction of sp³-hybridized carbons (Fsp3) is 0.667. The van der Waals surface area contributed by atoms with Crippen molar-refractivity contribution < 1.29 is 13.2 Å². The van der Waals surface area contributed by atoms with Crippen LogP contribution in [0.4, 0.5) is 13.2 Å². The summed E-state index contributed by atoms with van der Waals surface area (Å²) in [6.45, 7) is -0.102. The first-order chi connectivity index (χ1) is 4.52. The summed E-state index contributed by atoms with van der Waals surface area (Å²) in [5.74, 6) is 3.79. The summed E-state index contributed by atoms with van der Waals surface area (Å²) in [4.78, 5) is 0. The Morgan fingerprint density at radius 1 is 1.60 bits per heavy atom. The molecular formula is C3H5F3N4. The van der Waals surface area contributed by atoms with Crippen molar-refractivity contribution in [2.75, 3.05) is 6.67 Å². The van der Waals surface area contributed by atoms with Gasteiger partial charge in [0.15, 0.2) is 0 Å². The summed E-state index contributed by atoms with van der Waals surface area (Å²) < 4.78 is 35.2. The summed E-state index contributed by atoms with van der Waals surface area (Å²) in [7, 11) is 0. The molecule has 1 heterocycles. The summed E-state index contributed by atoms with van der Waals surface area (Å²) in [6.07, 6.45) is -4.46. The molecule has 0 saturated carbocycles. The van der Waals surface area contributed by atoms with E-state index in [0.717, 1.165) is 0 Å². The number of rotatable bonds is 0. The van der Waals surface area contributed by atoms with Crippen LogP contribution in [0.3, 0.4) is 0 Å². The van der Waals surface area contributed by atoms with Gasteiger partial charge in [-0.25, -0.2) is 5.84 Å². The van der Waals surface area contributed by atoms with E-state index in [1.807, 2.05) is 0 Å². The molecule has 0 atom stereocenters. The minimum absolute atomic E-state index is 0.102. The van der Waals surface area contributed by atoms with Crippen molar-refractivity contribution in [2.45, 2.75) is 6.18 Å². The molecule has 0 aliphatic carbocycles. The van der Waals surface area contributed by atoms with Crippen LogP contribution in [0.25, 0.3) is 0 Å². The predicted molar refractivity (Wildman–Crippen MR) is 27.5 cm³/mol. The minimum atomic E-state index is -4.46. The van der Waals surface area contributed by atoms with Gasteiger partial charge in [-0.3, -0.25) is 10.4 Å². The maximum absolute atomic E-state index is 11.7. The largest absolute Gasteiger partial charge is 0.452 e. The number of alkyl halides is 3. The Kier molecular flexibility index (Phi) is 1.43. The molecule has 0 radical (unpaired) electrons. The van der Waals surface area contributed by atoms with Crippen molar-refractivity contribution in [3.05, 3.63) is 0 Å². The molecule has 1 aliphatic heterocycles. The zero-order valence-electron chi connectivity index (χ0n) is 4.81. The zero-order valence-corrected chi connectivity index (χ0v) is 4.81. The molecule has 3 N–H and O–H groups in total. The number of nitrogens with zero attached hydrogens (tertiary/aromatic N) is 2. The van der Waals surface area contributed by atoms with Gasteiger partial charge in [0.25, 0.3) is 0 Å². The third-order valence-electron chi connectivity index (χ3n) is 0.952. The van der Waals surface area contributed by atoms with E-state index in [-0.39, 0.29) is 6.67 Å². The van der Waals surface area contributed by atoms with E-state index in [1.165, 1.54) is 0 Å². The Hall–Kier alpha value is -0.980. The average Bonchev–Trinajstić information content (AvgIpc) is 2.11. The van der Waals surface area contributed by atoms with Crippen LogP contribution in [0.2, 0.25) is 0 Å². The second-order valence-corrected chi connectivity index (χ2v) is 1.72. The van der Waals surface area contributed by atoms with Crippen LogP contribution in [0.15, 0.2) is 5.10 Å². The molecule has 0 aromatic rings. The number of hydrazine groups is 1. The molecule has 1 aliphatic rings. The highest BCUT2D eigenvalue weighted by Crippen LogP contribution is 2.19. The van der Waals surface area contributed by atoms with Gasteiger partial charge in [-0.2, -0.15) is 18.3 Å². The number of hydrazone groups is 1. The summed E-state index contributed by atoms with van der Waals surface area (Å²) in [5, 5.41) is 3.43. The molecule has 1 rings (SSSR count). The lowest BCUT2D eigenvalue weighted by Crippen LogP contribution is -2.43. The molecule has 10 heavy (non-hydrogen) atoms. The van der Waals surface area contributed by atoms with Gasteiger partial charge in [-0.15, -0.1) is 0 Å². The SMILES string of the molecule is NN1CNN=C1C(F)(F)F. The van der Waals surface area contributed by atoms with Crippen LogP contribution < -0.4 is 11.3 Å². The van der Waals surface area contributed by atoms with Crippen LogP contribution >= 0.6 is 0 Å². The molecule has 0 amide bonds. The molecule has 0 aromatic carbocycles. The van der Waals surface area contributed by atoms with Gasteiger partial charge in [0.2, 0.25) is 5.84 Å². The Bertz CT molecular complexity index is 162. The fourth-order valence-corrected chi connectivity index (χ4v) is 0.552. The fourth-order valence-electron chi connectivity index (χ4n) is 0.552. The van der Waals surface area contributed by atoms with Gasteiger partial charge in [-0.1, -0.05) is 0 Å². The Balaban J connectivity index is 2.72. The van der Waals surface area contributed by atoms with Gasteiger partial charge < -0.3 is 0 Å². The highest BCUT2D eigenvalue weighted by atomic mass is 19.4. The summed E-state index contributed by atoms with van der Waals surface area (Å²) in [5.41, 5.74) is 2.10. The van der Waals surface area contributed by atoms with E-state index in [9.17, 15) is 13.2 Å². The van der Waals surface area contributed by atoms with Gasteiger partial charge in [-0.05, 0) is 0 Å². The van der Waals surface area contributed by atoms with Gasteiger partial charge in [0.1, 0.15) is 6.67 Å². The van der Waals surface area contributed by atoms with Crippen molar-refractivity contribution in [3.8, 4) is 0 Å². The number of hydrogen-bond acceptors (Lipinski definition) is 4. The number of nitrogens with one attached hydrogen (secondary N) is 1. The standard InChI is InChI=1S/C3H5F3N4/c4-3(5,6)2-9-8-1-10(2)7/h8H,1,7H2. The summed E-state index contributed by atoms with van der Waals surface area (Å²) in [6, 6.07) is 0. The zero-order chi connectivity index (χ0) is 7.78. The lowest BCUT2D eigenvalue weighted by molar-refractivity contribution is -0.0673. The van der Waals surface area contributed by atoms with Crippen LogP contribution in [-0.2, 0) is 0 Å². The summed E-state index contributed by atoms with van der Waals surface area (Å²) >= 11 is 0. The van der Waals surface area contributed by atoms with Crippen molar-refractivity contribution in [2.24, 2.45) is 10.9 Å². The van der Waals surface area contributed by atoms with E-state index >= 15 is 0 Å². The van der Waals surface area contributed by atoms with Crippen LogP contribution in [0, 0.1) is 0 Å². The van der Waals surface area contributed by atoms with E-state index < -0.39 is 12.0 Å². The lowest BCUT2D eigenvalue weighted by atomic mass is 10.6. The molecule has 0 spiro atoms. The lowest BCUT2D eigenvalue weighted by Gasteiger charge is -2.12. The third kappa shape index (κ3) is 1.13. The second kappa shape index (κ2) is 2.01. The Labute approximate surface area is 54.4 Å². The van der Waals surface area contributed by atoms with Crippen molar-refractivity contribution in [1.29, 1.82) is 0 Å². The minimum Gasteiger partial charge on any atom is -0.287 e. The number of halogens is 3. The first-order valence-corrected chi connectivity index (χ1v) is 2.42. The Morgan fingerprint density at radius 2 is 2.20 bits per heavy atom. The third-order valence-corrected chi connectivity index (χ3v) is 0.952. The average molecular weight is 154 g/mol. The predicted octanol–water partition coefficient (Wildman–Crippen LogP) is -0.401.